The molecule has 0 aliphatic rings. The molecule has 2 unspecified atom stereocenters. The molecule has 0 saturated carbocycles. The number of ketones is 1. The number of hydrogen-bond donors (Lipinski definition) is 1. The number of nitrogens with zero attached hydrogens (tertiary/aromatic N) is 1. The Morgan fingerprint density at radius 1 is 1.23 bits per heavy atom. The number of carbonyl (C=O) groups is 2. The van der Waals surface area contributed by atoms with Crippen molar-refractivity contribution in [2.45, 2.75) is 26.8 Å². The highest BCUT2D eigenvalue weighted by atomic mass is 35.5. The predicted molar refractivity (Wildman–Crippen MR) is 83.1 cm³/mol. The van der Waals surface area contributed by atoms with E-state index in [1.807, 2.05) is 0 Å². The average Bonchev–Trinajstić information content (AvgIpc) is 2.92. The van der Waals surface area contributed by atoms with Crippen LogP contribution < -0.4 is 5.32 Å². The smallest absolute Gasteiger partial charge is 0.256 e. The second-order valence-electron chi connectivity index (χ2n) is 5.24. The van der Waals surface area contributed by atoms with E-state index in [0.29, 0.717) is 21.8 Å². The summed E-state index contributed by atoms with van der Waals surface area (Å²) in [6.07, 6.45) is 1.29. The van der Waals surface area contributed by atoms with Crippen LogP contribution in [0.5, 0.6) is 0 Å². The Balaban J connectivity index is 2.04. The van der Waals surface area contributed by atoms with Crippen LogP contribution in [-0.2, 0) is 0 Å². The van der Waals surface area contributed by atoms with Crippen LogP contribution in [0.4, 0.5) is 0 Å². The van der Waals surface area contributed by atoms with Gasteiger partial charge in [-0.25, -0.2) is 0 Å². The van der Waals surface area contributed by atoms with Gasteiger partial charge in [0.05, 0.1) is 5.69 Å². The first-order chi connectivity index (χ1) is 10.4. The molecule has 0 fully saturated rings. The minimum atomic E-state index is -0.370. The normalized spacial score (nSPS) is 13.5. The van der Waals surface area contributed by atoms with Crippen LogP contribution in [0.25, 0.3) is 0 Å². The van der Waals surface area contributed by atoms with Gasteiger partial charge in [-0.2, -0.15) is 0 Å². The van der Waals surface area contributed by atoms with E-state index < -0.39 is 0 Å². The van der Waals surface area contributed by atoms with Gasteiger partial charge in [-0.3, -0.25) is 9.59 Å². The largest absolute Gasteiger partial charge is 0.364 e. The Morgan fingerprint density at radius 3 is 2.41 bits per heavy atom. The molecule has 6 heteroatoms. The van der Waals surface area contributed by atoms with Crippen molar-refractivity contribution in [1.29, 1.82) is 0 Å². The maximum absolute atomic E-state index is 12.4. The molecule has 0 radical (unpaired) electrons. The maximum Gasteiger partial charge on any atom is 0.256 e. The maximum atomic E-state index is 12.4. The van der Waals surface area contributed by atoms with E-state index in [9.17, 15) is 9.59 Å². The lowest BCUT2D eigenvalue weighted by atomic mass is 9.93. The van der Waals surface area contributed by atoms with E-state index in [4.69, 9.17) is 16.1 Å². The second-order valence-corrected chi connectivity index (χ2v) is 5.67. The summed E-state index contributed by atoms with van der Waals surface area (Å²) in [5.41, 5.74) is 1.46. The summed E-state index contributed by atoms with van der Waals surface area (Å²) < 4.78 is 4.75. The Kier molecular flexibility index (Phi) is 4.98. The number of amides is 1. The number of benzene rings is 1. The molecule has 2 atom stereocenters. The van der Waals surface area contributed by atoms with E-state index >= 15 is 0 Å². The van der Waals surface area contributed by atoms with Gasteiger partial charge in [0.2, 0.25) is 0 Å². The van der Waals surface area contributed by atoms with E-state index in [-0.39, 0.29) is 23.7 Å². The van der Waals surface area contributed by atoms with Crippen molar-refractivity contribution >= 4 is 23.3 Å². The van der Waals surface area contributed by atoms with Crippen LogP contribution in [0.1, 0.15) is 40.3 Å². The Labute approximate surface area is 133 Å². The summed E-state index contributed by atoms with van der Waals surface area (Å²) in [4.78, 5) is 24.5. The van der Waals surface area contributed by atoms with Crippen molar-refractivity contribution in [2.24, 2.45) is 5.92 Å². The third-order valence-corrected chi connectivity index (χ3v) is 3.90. The second kappa shape index (κ2) is 6.75. The first-order valence-corrected chi connectivity index (χ1v) is 7.29. The van der Waals surface area contributed by atoms with Gasteiger partial charge in [0.15, 0.2) is 5.78 Å². The quantitative estimate of drug-likeness (QED) is 0.858. The molecule has 0 bridgehead atoms. The Morgan fingerprint density at radius 2 is 1.86 bits per heavy atom. The first kappa shape index (κ1) is 16.2. The lowest BCUT2D eigenvalue weighted by Crippen LogP contribution is -2.40. The number of nitrogens with one attached hydrogen (secondary N) is 1. The highest BCUT2D eigenvalue weighted by Crippen LogP contribution is 2.16. The van der Waals surface area contributed by atoms with E-state index in [1.165, 1.54) is 6.26 Å². The topological polar surface area (TPSA) is 72.2 Å². The average molecular weight is 321 g/mol. The molecule has 22 heavy (non-hydrogen) atoms. The molecule has 1 amide bonds. The molecule has 5 nitrogen and oxygen atoms in total. The number of Topliss-reactive ketones (excluding diaryl/α,β-unsaturated/α-hetero) is 1. The summed E-state index contributed by atoms with van der Waals surface area (Å²) in [6, 6.07) is 6.38. The van der Waals surface area contributed by atoms with E-state index in [1.54, 1.807) is 45.0 Å². The molecule has 2 rings (SSSR count). The van der Waals surface area contributed by atoms with Gasteiger partial charge in [-0.15, -0.1) is 0 Å². The third kappa shape index (κ3) is 3.54. The molecular formula is C16H17ClN2O3. The van der Waals surface area contributed by atoms with Gasteiger partial charge >= 0.3 is 0 Å². The molecule has 1 heterocycles. The van der Waals surface area contributed by atoms with Gasteiger partial charge in [-0.1, -0.05) is 23.7 Å². The highest BCUT2D eigenvalue weighted by Gasteiger charge is 2.24. The fourth-order valence-corrected chi connectivity index (χ4v) is 2.15. The molecule has 116 valence electrons. The lowest BCUT2D eigenvalue weighted by molar-refractivity contribution is 0.0868. The van der Waals surface area contributed by atoms with Crippen molar-refractivity contribution in [2.75, 3.05) is 0 Å². The number of hydrogen-bond acceptors (Lipinski definition) is 4. The van der Waals surface area contributed by atoms with Crippen molar-refractivity contribution < 1.29 is 14.1 Å². The van der Waals surface area contributed by atoms with Crippen molar-refractivity contribution in [1.82, 2.24) is 10.5 Å². The molecule has 1 N–H and O–H groups in total. The summed E-state index contributed by atoms with van der Waals surface area (Å²) in [5.74, 6) is -0.723. The minimum Gasteiger partial charge on any atom is -0.364 e. The molecular weight excluding hydrogens is 304 g/mol. The number of halogens is 1. The van der Waals surface area contributed by atoms with Crippen molar-refractivity contribution in [3.8, 4) is 0 Å². The van der Waals surface area contributed by atoms with E-state index in [2.05, 4.69) is 10.5 Å². The zero-order chi connectivity index (χ0) is 16.3. The van der Waals surface area contributed by atoms with Crippen LogP contribution in [0, 0.1) is 12.8 Å². The first-order valence-electron chi connectivity index (χ1n) is 6.91. The molecule has 1 aromatic carbocycles. The van der Waals surface area contributed by atoms with Crippen molar-refractivity contribution in [3.63, 3.8) is 0 Å². The Bertz CT molecular complexity index is 679. The van der Waals surface area contributed by atoms with Gasteiger partial charge in [-0.05, 0) is 38.1 Å². The van der Waals surface area contributed by atoms with Crippen LogP contribution in [0.15, 0.2) is 35.1 Å². The molecule has 1 aromatic heterocycles. The van der Waals surface area contributed by atoms with Gasteiger partial charge in [0.25, 0.3) is 5.91 Å². The fraction of sp³-hybridized carbons (Fsp3) is 0.312. The van der Waals surface area contributed by atoms with Crippen LogP contribution >= 0.6 is 11.6 Å². The standard InChI is InChI=1S/C16H17ClN2O3/c1-9(15(20)12-4-6-13(17)7-5-12)10(2)18-16(21)14-8-22-19-11(14)3/h4-10H,1-3H3,(H,18,21). The molecule has 0 aliphatic carbocycles. The molecule has 0 saturated heterocycles. The lowest BCUT2D eigenvalue weighted by Gasteiger charge is -2.20. The molecule has 0 aliphatic heterocycles. The zero-order valence-corrected chi connectivity index (χ0v) is 13.3. The number of aryl methyl sites for hydroxylation is 1. The predicted octanol–water partition coefficient (Wildman–Crippen LogP) is 3.27. The molecule has 0 spiro atoms. The minimum absolute atomic E-state index is 0.0495. The number of carbonyl (C=O) groups excluding carboxylic acids is 2. The van der Waals surface area contributed by atoms with Gasteiger partial charge < -0.3 is 9.84 Å². The summed E-state index contributed by atoms with van der Waals surface area (Å²) in [6.45, 7) is 5.26. The SMILES string of the molecule is Cc1nocc1C(=O)NC(C)C(C)C(=O)c1ccc(Cl)cc1. The van der Waals surface area contributed by atoms with Gasteiger partial charge in [0, 0.05) is 22.5 Å². The number of aromatic nitrogens is 1. The van der Waals surface area contributed by atoms with E-state index in [0.717, 1.165) is 0 Å². The monoisotopic (exact) mass is 320 g/mol. The fourth-order valence-electron chi connectivity index (χ4n) is 2.02. The Hall–Kier alpha value is -2.14. The summed E-state index contributed by atoms with van der Waals surface area (Å²) in [5, 5.41) is 7.04. The molecule has 2 aromatic rings. The van der Waals surface area contributed by atoms with Crippen LogP contribution in [0.2, 0.25) is 5.02 Å². The number of rotatable bonds is 5. The third-order valence-electron chi connectivity index (χ3n) is 3.65. The zero-order valence-electron chi connectivity index (χ0n) is 12.6. The summed E-state index contributed by atoms with van der Waals surface area (Å²) in [7, 11) is 0. The van der Waals surface area contributed by atoms with Crippen molar-refractivity contribution in [3.05, 3.63) is 52.4 Å². The van der Waals surface area contributed by atoms with Crippen LogP contribution in [0.3, 0.4) is 0 Å². The highest BCUT2D eigenvalue weighted by molar-refractivity contribution is 6.30. The van der Waals surface area contributed by atoms with Crippen LogP contribution in [-0.4, -0.2) is 22.9 Å². The van der Waals surface area contributed by atoms with Gasteiger partial charge in [0.1, 0.15) is 11.8 Å². The summed E-state index contributed by atoms with van der Waals surface area (Å²) >= 11 is 5.82.